The summed E-state index contributed by atoms with van der Waals surface area (Å²) >= 11 is 0. The number of hydrogen-bond donors (Lipinski definition) is 1. The van der Waals surface area contributed by atoms with Crippen LogP contribution in [0.4, 0.5) is 0 Å². The Morgan fingerprint density at radius 2 is 1.73 bits per heavy atom. The van der Waals surface area contributed by atoms with E-state index in [-0.39, 0.29) is 12.8 Å². The van der Waals surface area contributed by atoms with Crippen molar-refractivity contribution in [1.82, 2.24) is 0 Å². The van der Waals surface area contributed by atoms with Gasteiger partial charge in [0.2, 0.25) is 0 Å². The van der Waals surface area contributed by atoms with E-state index in [9.17, 15) is 29.1 Å². The summed E-state index contributed by atoms with van der Waals surface area (Å²) in [5, 5.41) is 12.0. The molecule has 1 aromatic rings. The van der Waals surface area contributed by atoms with E-state index in [1.54, 1.807) is 19.9 Å². The third-order valence-corrected chi connectivity index (χ3v) is 12.2. The summed E-state index contributed by atoms with van der Waals surface area (Å²) < 4.78 is 41.9. The minimum absolute atomic E-state index is 0.115. The van der Waals surface area contributed by atoms with Gasteiger partial charge in [-0.2, -0.15) is 0 Å². The molecule has 2 saturated carbocycles. The number of aliphatic hydroxyl groups excluding tert-OH is 1. The van der Waals surface area contributed by atoms with Gasteiger partial charge in [-0.25, -0.2) is 4.79 Å². The van der Waals surface area contributed by atoms with E-state index in [2.05, 4.69) is 6.58 Å². The van der Waals surface area contributed by atoms with Gasteiger partial charge in [-0.15, -0.1) is 0 Å². The third-order valence-electron chi connectivity index (χ3n) is 12.2. The molecule has 4 aliphatic rings. The first-order valence-corrected chi connectivity index (χ1v) is 16.7. The highest BCUT2D eigenvalue weighted by molar-refractivity contribution is 5.80. The van der Waals surface area contributed by atoms with Crippen molar-refractivity contribution in [2.45, 2.75) is 117 Å². The molecule has 2 aliphatic carbocycles. The topological polar surface area (TPSA) is 174 Å². The lowest BCUT2D eigenvalue weighted by atomic mass is 9.40. The SMILES string of the molecule is C=C1[C@@H]2C[C@H](OC(C)=O)[C@@]3(C)[C@H](c4ccoc4)OC(=O)[C@@H](O)[C@]13O[C@H]1[C@@H](OC(=O)[C@H](C)CC)[C@H](OC(C)=O)C(C)(C)[C@H](CC(=O)OC)[C@@]21C. The van der Waals surface area contributed by atoms with E-state index in [1.165, 1.54) is 33.5 Å². The fraction of sp³-hybridized carbons (Fsp3) is 0.694. The van der Waals surface area contributed by atoms with Crippen LogP contribution in [0.5, 0.6) is 0 Å². The predicted octanol–water partition coefficient (Wildman–Crippen LogP) is 4.01. The molecule has 0 amide bonds. The Morgan fingerprint density at radius 1 is 1.08 bits per heavy atom. The maximum Gasteiger partial charge on any atom is 0.339 e. The van der Waals surface area contributed by atoms with Gasteiger partial charge in [0.25, 0.3) is 0 Å². The average Bonchev–Trinajstić information content (AvgIpc) is 3.57. The summed E-state index contributed by atoms with van der Waals surface area (Å²) in [6, 6.07) is 1.60. The molecule has 1 aromatic heterocycles. The number of furan rings is 1. The van der Waals surface area contributed by atoms with E-state index >= 15 is 0 Å². The molecule has 0 aromatic carbocycles. The van der Waals surface area contributed by atoms with Gasteiger partial charge in [-0.1, -0.05) is 41.2 Å². The van der Waals surface area contributed by atoms with Gasteiger partial charge in [-0.3, -0.25) is 19.2 Å². The van der Waals surface area contributed by atoms with E-state index in [4.69, 9.17) is 32.8 Å². The predicted molar refractivity (Wildman–Crippen MR) is 169 cm³/mol. The summed E-state index contributed by atoms with van der Waals surface area (Å²) in [6.45, 7) is 17.7. The zero-order valence-corrected chi connectivity index (χ0v) is 29.6. The molecule has 4 fully saturated rings. The molecular weight excluding hydrogens is 640 g/mol. The molecule has 49 heavy (non-hydrogen) atoms. The summed E-state index contributed by atoms with van der Waals surface area (Å²) in [4.78, 5) is 66.0. The second-order valence-corrected chi connectivity index (χ2v) is 15.0. The summed E-state index contributed by atoms with van der Waals surface area (Å²) in [5.41, 5.74) is -4.97. The second-order valence-electron chi connectivity index (χ2n) is 15.0. The zero-order valence-electron chi connectivity index (χ0n) is 29.6. The summed E-state index contributed by atoms with van der Waals surface area (Å²) in [5.74, 6) is -5.30. The van der Waals surface area contributed by atoms with Gasteiger partial charge < -0.3 is 37.9 Å². The third kappa shape index (κ3) is 5.21. The van der Waals surface area contributed by atoms with Gasteiger partial charge in [0.1, 0.15) is 30.0 Å². The Morgan fingerprint density at radius 3 is 2.29 bits per heavy atom. The lowest BCUT2D eigenvalue weighted by Crippen LogP contribution is -2.82. The van der Waals surface area contributed by atoms with Crippen molar-refractivity contribution in [3.63, 3.8) is 0 Å². The Labute approximate surface area is 285 Å². The quantitative estimate of drug-likeness (QED) is 0.236. The summed E-state index contributed by atoms with van der Waals surface area (Å²) in [6.07, 6.45) is -4.51. The molecule has 270 valence electrons. The minimum atomic E-state index is -1.99. The van der Waals surface area contributed by atoms with Crippen molar-refractivity contribution in [2.75, 3.05) is 7.11 Å². The molecule has 2 aliphatic heterocycles. The Hall–Kier alpha value is -3.71. The largest absolute Gasteiger partial charge is 0.472 e. The normalized spacial score (nSPS) is 39.7. The molecule has 12 atom stereocenters. The van der Waals surface area contributed by atoms with Crippen LogP contribution in [0.3, 0.4) is 0 Å². The number of esters is 5. The van der Waals surface area contributed by atoms with E-state index in [1.807, 2.05) is 27.7 Å². The number of ether oxygens (including phenoxy) is 6. The molecule has 13 nitrogen and oxygen atoms in total. The highest BCUT2D eigenvalue weighted by Gasteiger charge is 2.81. The number of aliphatic hydroxyl groups is 1. The number of carbonyl (C=O) groups is 5. The first-order valence-electron chi connectivity index (χ1n) is 16.7. The van der Waals surface area contributed by atoms with E-state index in [0.717, 1.165) is 0 Å². The molecule has 2 saturated heterocycles. The van der Waals surface area contributed by atoms with Crippen molar-refractivity contribution in [3.05, 3.63) is 36.3 Å². The van der Waals surface area contributed by atoms with Gasteiger partial charge in [0, 0.05) is 36.7 Å². The van der Waals surface area contributed by atoms with Crippen LogP contribution in [0.2, 0.25) is 0 Å². The van der Waals surface area contributed by atoms with Gasteiger partial charge >= 0.3 is 29.8 Å². The number of methoxy groups -OCH3 is 1. The lowest BCUT2D eigenvalue weighted by molar-refractivity contribution is -0.369. The Balaban J connectivity index is 1.83. The van der Waals surface area contributed by atoms with Gasteiger partial charge in [0.15, 0.2) is 12.2 Å². The number of cyclic esters (lactones) is 1. The fourth-order valence-corrected chi connectivity index (χ4v) is 9.49. The molecular formula is C36H48O13. The average molecular weight is 689 g/mol. The Bertz CT molecular complexity index is 1510. The van der Waals surface area contributed by atoms with Gasteiger partial charge in [-0.05, 0) is 43.2 Å². The number of rotatable bonds is 8. The van der Waals surface area contributed by atoms with Crippen LogP contribution >= 0.6 is 0 Å². The van der Waals surface area contributed by atoms with Crippen molar-refractivity contribution >= 4 is 29.8 Å². The lowest BCUT2D eigenvalue weighted by Gasteiger charge is -2.73. The first kappa shape index (κ1) is 36.6. The molecule has 1 spiro atoms. The Kier molecular flexibility index (Phi) is 9.37. The fourth-order valence-electron chi connectivity index (χ4n) is 9.49. The second kappa shape index (κ2) is 12.6. The van der Waals surface area contributed by atoms with Crippen LogP contribution < -0.4 is 0 Å². The van der Waals surface area contributed by atoms with E-state index < -0.39 is 106 Å². The standard InChI is InChI=1S/C36H48O13/c1-11-17(2)31(41)47-26-29(46-20(5)38)33(6,7)23(15-25(39)43-10)34(8)22-14-24(45-19(4)37)35(9)28(21-12-13-44-16-21)48-32(42)27(40)36(35,18(22)3)49-30(26)34/h12-13,16-17,22-24,26-30,40H,3,11,14-15H2,1-2,4-10H3/t17-,22+,23+,24+,26+,27-,28+,29+,30+,34-,35+,36-/m1/s1. The smallest absolute Gasteiger partial charge is 0.339 e. The highest BCUT2D eigenvalue weighted by Crippen LogP contribution is 2.73. The van der Waals surface area contributed by atoms with Crippen LogP contribution in [0, 0.1) is 34.0 Å². The molecule has 5 rings (SSSR count). The number of fused-ring (bicyclic) bond motifs is 3. The maximum absolute atomic E-state index is 13.7. The number of carbonyl (C=O) groups excluding carboxylic acids is 5. The minimum Gasteiger partial charge on any atom is -0.472 e. The van der Waals surface area contributed by atoms with Crippen LogP contribution in [-0.4, -0.2) is 78.2 Å². The number of hydrogen-bond acceptors (Lipinski definition) is 13. The molecule has 2 bridgehead atoms. The van der Waals surface area contributed by atoms with Crippen LogP contribution in [0.15, 0.2) is 35.2 Å². The summed E-state index contributed by atoms with van der Waals surface area (Å²) in [7, 11) is 1.27. The zero-order chi connectivity index (χ0) is 36.4. The van der Waals surface area contributed by atoms with Crippen LogP contribution in [0.1, 0.15) is 86.3 Å². The van der Waals surface area contributed by atoms with E-state index in [0.29, 0.717) is 17.6 Å². The molecule has 13 heteroatoms. The maximum atomic E-state index is 13.7. The first-order chi connectivity index (χ1) is 22.8. The molecule has 0 unspecified atom stereocenters. The van der Waals surface area contributed by atoms with Crippen LogP contribution in [-0.2, 0) is 52.4 Å². The van der Waals surface area contributed by atoms with Crippen molar-refractivity contribution in [1.29, 1.82) is 0 Å². The highest BCUT2D eigenvalue weighted by atomic mass is 16.6. The van der Waals surface area contributed by atoms with Crippen molar-refractivity contribution < 1.29 is 61.9 Å². The molecule has 1 N–H and O–H groups in total. The van der Waals surface area contributed by atoms with Gasteiger partial charge in [0.05, 0.1) is 31.0 Å². The monoisotopic (exact) mass is 688 g/mol. The van der Waals surface area contributed by atoms with Crippen LogP contribution in [0.25, 0.3) is 0 Å². The molecule has 3 heterocycles. The van der Waals surface area contributed by atoms with Crippen molar-refractivity contribution in [3.8, 4) is 0 Å². The van der Waals surface area contributed by atoms with Crippen molar-refractivity contribution in [2.24, 2.45) is 34.0 Å². The molecule has 0 radical (unpaired) electrons.